The van der Waals surface area contributed by atoms with Crippen LogP contribution >= 0.6 is 11.3 Å². The van der Waals surface area contributed by atoms with Crippen LogP contribution in [0.5, 0.6) is 0 Å². The summed E-state index contributed by atoms with van der Waals surface area (Å²) in [5.74, 6) is -0.509. The standard InChI is InChI=1S/C22H19N3O2S/c1-14-6-4-7-15(12-14)21(26)25-19-17-9-2-3-10-18(17)24-20(19)22(27)23-13-16-8-5-11-28-16/h2-12,24H,13H2,1H3,(H,23,27)(H,25,26). The van der Waals surface area contributed by atoms with E-state index < -0.39 is 0 Å². The van der Waals surface area contributed by atoms with E-state index in [-0.39, 0.29) is 11.8 Å². The predicted molar refractivity (Wildman–Crippen MR) is 113 cm³/mol. The third kappa shape index (κ3) is 3.68. The van der Waals surface area contributed by atoms with Crippen LogP contribution < -0.4 is 10.6 Å². The number of carbonyl (C=O) groups excluding carboxylic acids is 2. The summed E-state index contributed by atoms with van der Waals surface area (Å²) in [6, 6.07) is 18.8. The van der Waals surface area contributed by atoms with Crippen LogP contribution in [0, 0.1) is 6.92 Å². The van der Waals surface area contributed by atoms with Gasteiger partial charge in [0.2, 0.25) is 0 Å². The number of H-pyrrole nitrogens is 1. The van der Waals surface area contributed by atoms with Gasteiger partial charge in [-0.1, -0.05) is 42.0 Å². The molecule has 0 unspecified atom stereocenters. The van der Waals surface area contributed by atoms with Crippen LogP contribution in [0.1, 0.15) is 31.3 Å². The first-order valence-corrected chi connectivity index (χ1v) is 9.79. The number of thiophene rings is 1. The third-order valence-corrected chi connectivity index (χ3v) is 5.33. The average Bonchev–Trinajstić information content (AvgIpc) is 3.34. The number of nitrogens with one attached hydrogen (secondary N) is 3. The van der Waals surface area contributed by atoms with E-state index in [1.165, 1.54) is 0 Å². The Morgan fingerprint density at radius 3 is 2.64 bits per heavy atom. The molecule has 6 heteroatoms. The maximum atomic E-state index is 12.8. The summed E-state index contributed by atoms with van der Waals surface area (Å²) in [6.07, 6.45) is 0. The lowest BCUT2D eigenvalue weighted by molar-refractivity contribution is 0.0948. The number of rotatable bonds is 5. The van der Waals surface area contributed by atoms with Crippen LogP contribution in [0.3, 0.4) is 0 Å². The second-order valence-corrected chi connectivity index (χ2v) is 7.54. The first-order chi connectivity index (χ1) is 13.6. The van der Waals surface area contributed by atoms with E-state index in [1.807, 2.05) is 66.9 Å². The molecule has 0 saturated carbocycles. The van der Waals surface area contributed by atoms with Gasteiger partial charge in [-0.3, -0.25) is 9.59 Å². The molecule has 2 aromatic heterocycles. The van der Waals surface area contributed by atoms with E-state index in [1.54, 1.807) is 17.4 Å². The maximum Gasteiger partial charge on any atom is 0.270 e. The van der Waals surface area contributed by atoms with Crippen molar-refractivity contribution >= 4 is 39.7 Å². The topological polar surface area (TPSA) is 74.0 Å². The van der Waals surface area contributed by atoms with Gasteiger partial charge in [0.05, 0.1) is 12.2 Å². The number of amides is 2. The van der Waals surface area contributed by atoms with Gasteiger partial charge in [-0.05, 0) is 36.6 Å². The number of carbonyl (C=O) groups is 2. The summed E-state index contributed by atoms with van der Waals surface area (Å²) in [7, 11) is 0. The van der Waals surface area contributed by atoms with Gasteiger partial charge in [-0.2, -0.15) is 0 Å². The van der Waals surface area contributed by atoms with E-state index in [0.29, 0.717) is 23.5 Å². The lowest BCUT2D eigenvalue weighted by Gasteiger charge is -2.09. The zero-order chi connectivity index (χ0) is 19.5. The number of aryl methyl sites for hydroxylation is 1. The molecular weight excluding hydrogens is 370 g/mol. The highest BCUT2D eigenvalue weighted by Crippen LogP contribution is 2.28. The van der Waals surface area contributed by atoms with E-state index in [4.69, 9.17) is 0 Å². The number of aromatic nitrogens is 1. The average molecular weight is 389 g/mol. The Bertz CT molecular complexity index is 1150. The second kappa shape index (κ2) is 7.70. The Morgan fingerprint density at radius 1 is 1.00 bits per heavy atom. The van der Waals surface area contributed by atoms with Crippen LogP contribution in [0.25, 0.3) is 10.9 Å². The van der Waals surface area contributed by atoms with Crippen molar-refractivity contribution in [3.63, 3.8) is 0 Å². The van der Waals surface area contributed by atoms with Gasteiger partial charge < -0.3 is 15.6 Å². The molecule has 140 valence electrons. The summed E-state index contributed by atoms with van der Waals surface area (Å²) in [5, 5.41) is 8.60. The van der Waals surface area contributed by atoms with Gasteiger partial charge in [-0.15, -0.1) is 11.3 Å². The van der Waals surface area contributed by atoms with E-state index >= 15 is 0 Å². The van der Waals surface area contributed by atoms with Gasteiger partial charge in [0.25, 0.3) is 11.8 Å². The molecule has 0 bridgehead atoms. The molecule has 0 radical (unpaired) electrons. The minimum Gasteiger partial charge on any atom is -0.349 e. The number of fused-ring (bicyclic) bond motifs is 1. The van der Waals surface area contributed by atoms with E-state index in [0.717, 1.165) is 21.3 Å². The normalized spacial score (nSPS) is 10.8. The molecule has 4 rings (SSSR count). The fourth-order valence-electron chi connectivity index (χ4n) is 3.08. The third-order valence-electron chi connectivity index (χ3n) is 4.46. The molecule has 0 saturated heterocycles. The van der Waals surface area contributed by atoms with Crippen molar-refractivity contribution < 1.29 is 9.59 Å². The highest BCUT2D eigenvalue weighted by Gasteiger charge is 2.20. The van der Waals surface area contributed by atoms with Gasteiger partial charge in [-0.25, -0.2) is 0 Å². The lowest BCUT2D eigenvalue weighted by atomic mass is 10.1. The summed E-state index contributed by atoms with van der Waals surface area (Å²) in [5.41, 5.74) is 3.18. The van der Waals surface area contributed by atoms with Crippen LogP contribution in [0.2, 0.25) is 0 Å². The van der Waals surface area contributed by atoms with Crippen LogP contribution in [-0.2, 0) is 6.54 Å². The predicted octanol–water partition coefficient (Wildman–Crippen LogP) is 4.72. The van der Waals surface area contributed by atoms with Crippen molar-refractivity contribution in [3.8, 4) is 0 Å². The molecule has 0 aliphatic carbocycles. The first kappa shape index (κ1) is 18.0. The smallest absolute Gasteiger partial charge is 0.270 e. The molecule has 28 heavy (non-hydrogen) atoms. The molecule has 0 aliphatic rings. The Labute approximate surface area is 166 Å². The molecule has 0 spiro atoms. The van der Waals surface area contributed by atoms with Gasteiger partial charge in [0.15, 0.2) is 0 Å². The van der Waals surface area contributed by atoms with Crippen LogP contribution in [-0.4, -0.2) is 16.8 Å². The van der Waals surface area contributed by atoms with Crippen molar-refractivity contribution in [3.05, 3.63) is 87.7 Å². The van der Waals surface area contributed by atoms with Crippen LogP contribution in [0.4, 0.5) is 5.69 Å². The summed E-state index contributed by atoms with van der Waals surface area (Å²) >= 11 is 1.58. The molecule has 0 fully saturated rings. The zero-order valence-corrected chi connectivity index (χ0v) is 16.1. The molecule has 2 amide bonds. The zero-order valence-electron chi connectivity index (χ0n) is 15.3. The van der Waals surface area contributed by atoms with Crippen molar-refractivity contribution in [2.75, 3.05) is 5.32 Å². The van der Waals surface area contributed by atoms with E-state index in [2.05, 4.69) is 15.6 Å². The molecule has 2 heterocycles. The molecule has 5 nitrogen and oxygen atoms in total. The maximum absolute atomic E-state index is 12.8. The highest BCUT2D eigenvalue weighted by molar-refractivity contribution is 7.09. The van der Waals surface area contributed by atoms with Gasteiger partial charge in [0.1, 0.15) is 5.69 Å². The minimum atomic E-state index is -0.260. The summed E-state index contributed by atoms with van der Waals surface area (Å²) in [4.78, 5) is 29.8. The second-order valence-electron chi connectivity index (χ2n) is 6.51. The number of para-hydroxylation sites is 1. The monoisotopic (exact) mass is 389 g/mol. The SMILES string of the molecule is Cc1cccc(C(=O)Nc2c(C(=O)NCc3cccs3)[nH]c3ccccc23)c1. The number of anilines is 1. The number of benzene rings is 2. The van der Waals surface area contributed by atoms with Crippen molar-refractivity contribution in [2.45, 2.75) is 13.5 Å². The highest BCUT2D eigenvalue weighted by atomic mass is 32.1. The fraction of sp³-hybridized carbons (Fsp3) is 0.0909. The molecular formula is C22H19N3O2S. The largest absolute Gasteiger partial charge is 0.349 e. The van der Waals surface area contributed by atoms with Gasteiger partial charge >= 0.3 is 0 Å². The quantitative estimate of drug-likeness (QED) is 0.462. The van der Waals surface area contributed by atoms with E-state index in [9.17, 15) is 9.59 Å². The molecule has 4 aromatic rings. The first-order valence-electron chi connectivity index (χ1n) is 8.91. The summed E-state index contributed by atoms with van der Waals surface area (Å²) in [6.45, 7) is 2.38. The Hall–Kier alpha value is -3.38. The number of aromatic amines is 1. The Kier molecular flexibility index (Phi) is 4.95. The summed E-state index contributed by atoms with van der Waals surface area (Å²) < 4.78 is 0. The van der Waals surface area contributed by atoms with Gasteiger partial charge in [0, 0.05) is 21.3 Å². The molecule has 0 atom stereocenters. The van der Waals surface area contributed by atoms with Crippen LogP contribution in [0.15, 0.2) is 66.0 Å². The number of hydrogen-bond donors (Lipinski definition) is 3. The number of hydrogen-bond acceptors (Lipinski definition) is 3. The molecule has 0 aliphatic heterocycles. The molecule has 3 N–H and O–H groups in total. The van der Waals surface area contributed by atoms with Crippen molar-refractivity contribution in [2.24, 2.45) is 0 Å². The fourth-order valence-corrected chi connectivity index (χ4v) is 3.73. The molecule has 2 aromatic carbocycles. The Morgan fingerprint density at radius 2 is 1.86 bits per heavy atom. The lowest BCUT2D eigenvalue weighted by Crippen LogP contribution is -2.24. The Balaban J connectivity index is 1.65. The van der Waals surface area contributed by atoms with Crippen molar-refractivity contribution in [1.82, 2.24) is 10.3 Å². The minimum absolute atomic E-state index is 0.249. The van der Waals surface area contributed by atoms with Crippen molar-refractivity contribution in [1.29, 1.82) is 0 Å².